The molecule has 0 aliphatic rings. The van der Waals surface area contributed by atoms with Gasteiger partial charge in [0, 0.05) is 34.4 Å². The van der Waals surface area contributed by atoms with Gasteiger partial charge in [0.2, 0.25) is 0 Å². The standard InChI is InChI=1S/C20H17FN4OS2/c1-22-19(26)18-12-17(10-11-23-18)28-16-8-6-15(7-9-16)25-20(27)24-14-4-2-13(21)3-5-14/h2-12H,1H3,(H,22,26)(H2,24,25,27). The number of hydrogen-bond acceptors (Lipinski definition) is 4. The van der Waals surface area contributed by atoms with Gasteiger partial charge in [-0.1, -0.05) is 11.8 Å². The number of hydrogen-bond donors (Lipinski definition) is 3. The summed E-state index contributed by atoms with van der Waals surface area (Å²) in [5, 5.41) is 9.06. The number of amides is 1. The van der Waals surface area contributed by atoms with E-state index in [1.54, 1.807) is 31.4 Å². The van der Waals surface area contributed by atoms with Crippen LogP contribution in [0, 0.1) is 5.82 Å². The maximum Gasteiger partial charge on any atom is 0.269 e. The van der Waals surface area contributed by atoms with Crippen LogP contribution in [0.4, 0.5) is 15.8 Å². The zero-order valence-corrected chi connectivity index (χ0v) is 16.5. The molecule has 0 fully saturated rings. The van der Waals surface area contributed by atoms with Crippen LogP contribution in [-0.2, 0) is 0 Å². The van der Waals surface area contributed by atoms with Crippen LogP contribution in [0.15, 0.2) is 76.7 Å². The molecule has 0 atom stereocenters. The molecule has 2 aromatic carbocycles. The molecule has 0 saturated carbocycles. The normalized spacial score (nSPS) is 10.2. The number of nitrogens with one attached hydrogen (secondary N) is 3. The summed E-state index contributed by atoms with van der Waals surface area (Å²) >= 11 is 6.80. The van der Waals surface area contributed by atoms with Crippen molar-refractivity contribution < 1.29 is 9.18 Å². The SMILES string of the molecule is CNC(=O)c1cc(Sc2ccc(NC(=S)Nc3ccc(F)cc3)cc2)ccn1. The molecule has 0 bridgehead atoms. The van der Waals surface area contributed by atoms with Crippen molar-refractivity contribution in [2.24, 2.45) is 0 Å². The number of nitrogens with zero attached hydrogens (tertiary/aromatic N) is 1. The number of anilines is 2. The maximum atomic E-state index is 12.9. The average molecular weight is 413 g/mol. The predicted molar refractivity (Wildman–Crippen MR) is 114 cm³/mol. The molecule has 0 saturated heterocycles. The zero-order valence-electron chi connectivity index (χ0n) is 14.9. The van der Waals surface area contributed by atoms with E-state index in [2.05, 4.69) is 20.9 Å². The number of aromatic nitrogens is 1. The lowest BCUT2D eigenvalue weighted by atomic mass is 10.3. The minimum atomic E-state index is -0.297. The molecule has 0 aliphatic heterocycles. The van der Waals surface area contributed by atoms with Crippen LogP contribution in [0.3, 0.4) is 0 Å². The highest BCUT2D eigenvalue weighted by Gasteiger charge is 2.07. The van der Waals surface area contributed by atoms with Crippen molar-refractivity contribution in [3.05, 3.63) is 78.4 Å². The Balaban J connectivity index is 1.59. The summed E-state index contributed by atoms with van der Waals surface area (Å²) in [4.78, 5) is 17.7. The molecule has 1 heterocycles. The molecular formula is C20H17FN4OS2. The number of carbonyl (C=O) groups excluding carboxylic acids is 1. The molecule has 3 N–H and O–H groups in total. The summed E-state index contributed by atoms with van der Waals surface area (Å²) in [6.07, 6.45) is 1.61. The Hall–Kier alpha value is -2.97. The van der Waals surface area contributed by atoms with Gasteiger partial charge in [-0.15, -0.1) is 0 Å². The predicted octanol–water partition coefficient (Wildman–Crippen LogP) is 4.54. The molecular weight excluding hydrogens is 395 g/mol. The van der Waals surface area contributed by atoms with Crippen LogP contribution in [0.25, 0.3) is 0 Å². The van der Waals surface area contributed by atoms with Crippen LogP contribution < -0.4 is 16.0 Å². The van der Waals surface area contributed by atoms with Gasteiger partial charge >= 0.3 is 0 Å². The third-order valence-corrected chi connectivity index (χ3v) is 4.84. The topological polar surface area (TPSA) is 66.1 Å². The maximum absolute atomic E-state index is 12.9. The van der Waals surface area contributed by atoms with Crippen LogP contribution in [0.2, 0.25) is 0 Å². The quantitative estimate of drug-likeness (QED) is 0.535. The Morgan fingerprint density at radius 1 is 0.964 bits per heavy atom. The highest BCUT2D eigenvalue weighted by molar-refractivity contribution is 7.99. The van der Waals surface area contributed by atoms with Crippen molar-refractivity contribution in [2.45, 2.75) is 9.79 Å². The Labute approximate surface area is 171 Å². The molecule has 0 spiro atoms. The fourth-order valence-corrected chi connectivity index (χ4v) is 3.38. The number of rotatable bonds is 5. The first kappa shape index (κ1) is 19.8. The van der Waals surface area contributed by atoms with Gasteiger partial charge in [0.05, 0.1) is 0 Å². The first-order valence-corrected chi connectivity index (χ1v) is 9.55. The highest BCUT2D eigenvalue weighted by atomic mass is 32.2. The summed E-state index contributed by atoms with van der Waals surface area (Å²) in [7, 11) is 1.57. The van der Waals surface area contributed by atoms with Gasteiger partial charge in [0.25, 0.3) is 5.91 Å². The van der Waals surface area contributed by atoms with Crippen molar-refractivity contribution in [1.29, 1.82) is 0 Å². The third kappa shape index (κ3) is 5.51. The lowest BCUT2D eigenvalue weighted by molar-refractivity contribution is 0.0958. The summed E-state index contributed by atoms with van der Waals surface area (Å²) < 4.78 is 12.9. The van der Waals surface area contributed by atoms with Gasteiger partial charge in [0.15, 0.2) is 5.11 Å². The van der Waals surface area contributed by atoms with E-state index in [1.165, 1.54) is 23.9 Å². The largest absolute Gasteiger partial charge is 0.354 e. The Morgan fingerprint density at radius 2 is 1.57 bits per heavy atom. The second-order valence-corrected chi connectivity index (χ2v) is 7.22. The molecule has 1 aromatic heterocycles. The van der Waals surface area contributed by atoms with Gasteiger partial charge in [0.1, 0.15) is 11.5 Å². The van der Waals surface area contributed by atoms with E-state index in [0.717, 1.165) is 15.5 Å². The van der Waals surface area contributed by atoms with E-state index in [9.17, 15) is 9.18 Å². The number of halogens is 1. The lowest BCUT2D eigenvalue weighted by Crippen LogP contribution is -2.19. The summed E-state index contributed by atoms with van der Waals surface area (Å²) in [6.45, 7) is 0. The molecule has 0 unspecified atom stereocenters. The monoisotopic (exact) mass is 412 g/mol. The Morgan fingerprint density at radius 3 is 2.18 bits per heavy atom. The molecule has 3 rings (SSSR count). The molecule has 8 heteroatoms. The minimum absolute atomic E-state index is 0.218. The number of thiocarbonyl (C=S) groups is 1. The molecule has 142 valence electrons. The molecule has 0 aliphatic carbocycles. The van der Waals surface area contributed by atoms with E-state index in [1.807, 2.05) is 30.3 Å². The second-order valence-electron chi connectivity index (χ2n) is 5.67. The van der Waals surface area contributed by atoms with Crippen LogP contribution in [0.1, 0.15) is 10.5 Å². The van der Waals surface area contributed by atoms with Crippen molar-refractivity contribution in [3.63, 3.8) is 0 Å². The number of pyridine rings is 1. The van der Waals surface area contributed by atoms with Crippen LogP contribution in [-0.4, -0.2) is 23.1 Å². The Bertz CT molecular complexity index is 978. The second kappa shape index (κ2) is 9.29. The summed E-state index contributed by atoms with van der Waals surface area (Å²) in [5.74, 6) is -0.515. The van der Waals surface area contributed by atoms with E-state index < -0.39 is 0 Å². The smallest absolute Gasteiger partial charge is 0.269 e. The first-order chi connectivity index (χ1) is 13.5. The van der Waals surface area contributed by atoms with Crippen molar-refractivity contribution >= 4 is 46.4 Å². The van der Waals surface area contributed by atoms with Gasteiger partial charge in [-0.2, -0.15) is 0 Å². The first-order valence-electron chi connectivity index (χ1n) is 8.33. The van der Waals surface area contributed by atoms with Crippen molar-refractivity contribution in [2.75, 3.05) is 17.7 Å². The van der Waals surface area contributed by atoms with Crippen molar-refractivity contribution in [1.82, 2.24) is 10.3 Å². The van der Waals surface area contributed by atoms with Crippen LogP contribution >= 0.6 is 24.0 Å². The van der Waals surface area contributed by atoms with Gasteiger partial charge in [-0.25, -0.2) is 4.39 Å². The number of carbonyl (C=O) groups is 1. The fraction of sp³-hybridized carbons (Fsp3) is 0.0500. The van der Waals surface area contributed by atoms with Gasteiger partial charge in [-0.3, -0.25) is 9.78 Å². The number of benzene rings is 2. The van der Waals surface area contributed by atoms with Gasteiger partial charge < -0.3 is 16.0 Å². The molecule has 28 heavy (non-hydrogen) atoms. The minimum Gasteiger partial charge on any atom is -0.354 e. The molecule has 0 radical (unpaired) electrons. The molecule has 1 amide bonds. The average Bonchev–Trinajstić information content (AvgIpc) is 2.71. The zero-order chi connectivity index (χ0) is 19.9. The molecule has 5 nitrogen and oxygen atoms in total. The van der Waals surface area contributed by atoms with E-state index in [0.29, 0.717) is 16.5 Å². The summed E-state index contributed by atoms with van der Waals surface area (Å²) in [6, 6.07) is 17.3. The molecule has 3 aromatic rings. The van der Waals surface area contributed by atoms with E-state index >= 15 is 0 Å². The fourth-order valence-electron chi connectivity index (χ4n) is 2.30. The summed E-state index contributed by atoms with van der Waals surface area (Å²) in [5.41, 5.74) is 1.91. The van der Waals surface area contributed by atoms with Gasteiger partial charge in [-0.05, 0) is 72.9 Å². The lowest BCUT2D eigenvalue weighted by Gasteiger charge is -2.11. The highest BCUT2D eigenvalue weighted by Crippen LogP contribution is 2.28. The van der Waals surface area contributed by atoms with Crippen LogP contribution in [0.5, 0.6) is 0 Å². The Kier molecular flexibility index (Phi) is 6.57. The van der Waals surface area contributed by atoms with Crippen molar-refractivity contribution in [3.8, 4) is 0 Å². The third-order valence-electron chi connectivity index (χ3n) is 3.64. The van der Waals surface area contributed by atoms with E-state index in [4.69, 9.17) is 12.2 Å². The van der Waals surface area contributed by atoms with E-state index in [-0.39, 0.29) is 11.7 Å².